The van der Waals surface area contributed by atoms with Crippen molar-refractivity contribution >= 4 is 5.91 Å². The molecule has 2 heterocycles. The van der Waals surface area contributed by atoms with E-state index in [9.17, 15) is 9.18 Å². The Morgan fingerprint density at radius 2 is 2.22 bits per heavy atom. The highest BCUT2D eigenvalue weighted by Crippen LogP contribution is 2.22. The largest absolute Gasteiger partial charge is 0.340 e. The number of carbonyl (C=O) groups excluding carboxylic acids is 1. The van der Waals surface area contributed by atoms with Gasteiger partial charge in [-0.2, -0.15) is 5.10 Å². The van der Waals surface area contributed by atoms with Crippen LogP contribution in [0.25, 0.3) is 0 Å². The molecule has 1 aliphatic heterocycles. The molecule has 1 amide bonds. The lowest BCUT2D eigenvalue weighted by Gasteiger charge is -2.33. The fourth-order valence-corrected chi connectivity index (χ4v) is 3.20. The molecule has 1 aromatic carbocycles. The number of hydrogen-bond donors (Lipinski definition) is 0. The average Bonchev–Trinajstić information content (AvgIpc) is 2.86. The number of carbonyl (C=O) groups is 1. The molecule has 3 rings (SSSR count). The highest BCUT2D eigenvalue weighted by molar-refractivity contribution is 5.78. The number of benzene rings is 1. The highest BCUT2D eigenvalue weighted by Gasteiger charge is 2.26. The minimum Gasteiger partial charge on any atom is -0.340 e. The predicted octanol–water partition coefficient (Wildman–Crippen LogP) is 2.44. The zero-order valence-corrected chi connectivity index (χ0v) is 13.5. The molecule has 0 N–H and O–H groups in total. The summed E-state index contributed by atoms with van der Waals surface area (Å²) in [6, 6.07) is 6.40. The number of rotatable bonds is 3. The van der Waals surface area contributed by atoms with Crippen molar-refractivity contribution in [1.29, 1.82) is 0 Å². The molecule has 1 atom stereocenters. The van der Waals surface area contributed by atoms with Gasteiger partial charge in [-0.05, 0) is 44.4 Å². The van der Waals surface area contributed by atoms with Gasteiger partial charge in [-0.25, -0.2) is 14.1 Å². The van der Waals surface area contributed by atoms with Crippen LogP contribution in [-0.4, -0.2) is 38.7 Å². The zero-order valence-electron chi connectivity index (χ0n) is 13.5. The first-order chi connectivity index (χ1) is 11.0. The molecule has 1 unspecified atom stereocenters. The molecule has 1 saturated heterocycles. The van der Waals surface area contributed by atoms with Crippen molar-refractivity contribution in [3.63, 3.8) is 0 Å². The number of hydrogen-bond acceptors (Lipinski definition) is 3. The van der Waals surface area contributed by atoms with Crippen LogP contribution in [0.5, 0.6) is 0 Å². The number of halogens is 1. The summed E-state index contributed by atoms with van der Waals surface area (Å²) in [6.45, 7) is 5.20. The van der Waals surface area contributed by atoms with Gasteiger partial charge in [0.25, 0.3) is 0 Å². The van der Waals surface area contributed by atoms with Crippen molar-refractivity contribution in [2.45, 2.75) is 39.2 Å². The van der Waals surface area contributed by atoms with E-state index in [0.29, 0.717) is 12.1 Å². The Bertz CT molecular complexity index is 712. The van der Waals surface area contributed by atoms with Crippen LogP contribution in [0.2, 0.25) is 0 Å². The SMILES string of the molecule is Cc1nc(C)n(C2CCCN(C(=O)Cc3cccc(F)c3)C2)n1. The first-order valence-electron chi connectivity index (χ1n) is 7.95. The molecule has 1 fully saturated rings. The molecule has 122 valence electrons. The van der Waals surface area contributed by atoms with Gasteiger partial charge in [0.15, 0.2) is 0 Å². The highest BCUT2D eigenvalue weighted by atomic mass is 19.1. The quantitative estimate of drug-likeness (QED) is 0.874. The Balaban J connectivity index is 1.68. The maximum Gasteiger partial charge on any atom is 0.227 e. The summed E-state index contributed by atoms with van der Waals surface area (Å²) in [6.07, 6.45) is 2.17. The van der Waals surface area contributed by atoms with Gasteiger partial charge in [0, 0.05) is 13.1 Å². The topological polar surface area (TPSA) is 51.0 Å². The zero-order chi connectivity index (χ0) is 16.4. The molecule has 5 nitrogen and oxygen atoms in total. The molecule has 1 aliphatic rings. The van der Waals surface area contributed by atoms with Gasteiger partial charge in [-0.1, -0.05) is 12.1 Å². The van der Waals surface area contributed by atoms with Crippen LogP contribution < -0.4 is 0 Å². The minimum atomic E-state index is -0.305. The van der Waals surface area contributed by atoms with E-state index in [4.69, 9.17) is 0 Å². The molecule has 6 heteroatoms. The van der Waals surface area contributed by atoms with Gasteiger partial charge in [-0.15, -0.1) is 0 Å². The second kappa shape index (κ2) is 6.48. The van der Waals surface area contributed by atoms with E-state index in [-0.39, 0.29) is 24.2 Å². The summed E-state index contributed by atoms with van der Waals surface area (Å²) in [7, 11) is 0. The van der Waals surface area contributed by atoms with E-state index in [1.807, 2.05) is 23.4 Å². The summed E-state index contributed by atoms with van der Waals surface area (Å²) in [4.78, 5) is 18.7. The third-order valence-electron chi connectivity index (χ3n) is 4.25. The van der Waals surface area contributed by atoms with Gasteiger partial charge >= 0.3 is 0 Å². The number of likely N-dealkylation sites (tertiary alicyclic amines) is 1. The number of piperidine rings is 1. The minimum absolute atomic E-state index is 0.0368. The second-order valence-electron chi connectivity index (χ2n) is 6.09. The van der Waals surface area contributed by atoms with Crippen molar-refractivity contribution < 1.29 is 9.18 Å². The van der Waals surface area contributed by atoms with Crippen LogP contribution in [-0.2, 0) is 11.2 Å². The van der Waals surface area contributed by atoms with Crippen LogP contribution in [0, 0.1) is 19.7 Å². The number of amides is 1. The lowest BCUT2D eigenvalue weighted by Crippen LogP contribution is -2.41. The van der Waals surface area contributed by atoms with Crippen LogP contribution in [0.1, 0.15) is 36.1 Å². The number of aromatic nitrogens is 3. The van der Waals surface area contributed by atoms with Crippen molar-refractivity contribution in [1.82, 2.24) is 19.7 Å². The molecule has 0 bridgehead atoms. The second-order valence-corrected chi connectivity index (χ2v) is 6.09. The molecule has 0 aliphatic carbocycles. The monoisotopic (exact) mass is 316 g/mol. The molecule has 23 heavy (non-hydrogen) atoms. The first-order valence-corrected chi connectivity index (χ1v) is 7.95. The van der Waals surface area contributed by atoms with Crippen molar-refractivity contribution in [2.75, 3.05) is 13.1 Å². The molecule has 0 saturated carbocycles. The van der Waals surface area contributed by atoms with Crippen molar-refractivity contribution in [3.05, 3.63) is 47.3 Å². The Morgan fingerprint density at radius 3 is 2.91 bits per heavy atom. The Hall–Kier alpha value is -2.24. The van der Waals surface area contributed by atoms with E-state index < -0.39 is 0 Å². The number of aryl methyl sites for hydroxylation is 2. The third-order valence-corrected chi connectivity index (χ3v) is 4.25. The molecular weight excluding hydrogens is 295 g/mol. The molecule has 2 aromatic rings. The van der Waals surface area contributed by atoms with E-state index in [2.05, 4.69) is 10.1 Å². The fourth-order valence-electron chi connectivity index (χ4n) is 3.20. The van der Waals surface area contributed by atoms with Gasteiger partial charge in [0.1, 0.15) is 17.5 Å². The summed E-state index contributed by atoms with van der Waals surface area (Å²) in [5.41, 5.74) is 0.713. The average molecular weight is 316 g/mol. The van der Waals surface area contributed by atoms with Gasteiger partial charge in [-0.3, -0.25) is 4.79 Å². The van der Waals surface area contributed by atoms with Crippen molar-refractivity contribution in [3.8, 4) is 0 Å². The van der Waals surface area contributed by atoms with E-state index >= 15 is 0 Å². The summed E-state index contributed by atoms with van der Waals surface area (Å²) in [5.74, 6) is 1.37. The number of nitrogens with zero attached hydrogens (tertiary/aromatic N) is 4. The van der Waals surface area contributed by atoms with Crippen LogP contribution in [0.4, 0.5) is 4.39 Å². The lowest BCUT2D eigenvalue weighted by atomic mass is 10.0. The molecule has 0 spiro atoms. The van der Waals surface area contributed by atoms with Crippen LogP contribution in [0.3, 0.4) is 0 Å². The standard InChI is InChI=1S/C17H21FN4O/c1-12-19-13(2)22(20-12)16-7-4-8-21(11-16)17(23)10-14-5-3-6-15(18)9-14/h3,5-6,9,16H,4,7-8,10-11H2,1-2H3. The van der Waals surface area contributed by atoms with Crippen molar-refractivity contribution in [2.24, 2.45) is 0 Å². The third kappa shape index (κ3) is 3.57. The Kier molecular flexibility index (Phi) is 4.41. The summed E-state index contributed by atoms with van der Waals surface area (Å²) < 4.78 is 15.2. The van der Waals surface area contributed by atoms with Gasteiger partial charge < -0.3 is 4.90 Å². The summed E-state index contributed by atoms with van der Waals surface area (Å²) in [5, 5.41) is 4.44. The smallest absolute Gasteiger partial charge is 0.227 e. The van der Waals surface area contributed by atoms with E-state index in [0.717, 1.165) is 31.0 Å². The van der Waals surface area contributed by atoms with Crippen LogP contribution >= 0.6 is 0 Å². The fraction of sp³-hybridized carbons (Fsp3) is 0.471. The molecule has 1 aromatic heterocycles. The maximum atomic E-state index is 13.2. The molecule has 0 radical (unpaired) electrons. The summed E-state index contributed by atoms with van der Waals surface area (Å²) >= 11 is 0. The maximum absolute atomic E-state index is 13.2. The van der Waals surface area contributed by atoms with Gasteiger partial charge in [0.05, 0.1) is 12.5 Å². The Labute approximate surface area is 135 Å². The van der Waals surface area contributed by atoms with Crippen LogP contribution in [0.15, 0.2) is 24.3 Å². The van der Waals surface area contributed by atoms with E-state index in [1.54, 1.807) is 12.1 Å². The lowest BCUT2D eigenvalue weighted by molar-refractivity contribution is -0.132. The first kappa shape index (κ1) is 15.6. The van der Waals surface area contributed by atoms with Gasteiger partial charge in [0.2, 0.25) is 5.91 Å². The molecular formula is C17H21FN4O. The predicted molar refractivity (Wildman–Crippen MR) is 84.5 cm³/mol. The van der Waals surface area contributed by atoms with E-state index in [1.165, 1.54) is 12.1 Å². The Morgan fingerprint density at radius 1 is 1.39 bits per heavy atom. The normalized spacial score (nSPS) is 18.2.